The molecule has 0 aliphatic heterocycles. The van der Waals surface area contributed by atoms with Gasteiger partial charge in [-0.2, -0.15) is 5.10 Å². The second-order valence-corrected chi connectivity index (χ2v) is 5.72. The maximum atomic E-state index is 5.62. The first-order valence-corrected chi connectivity index (χ1v) is 6.64. The van der Waals surface area contributed by atoms with E-state index in [1.807, 2.05) is 18.3 Å². The van der Waals surface area contributed by atoms with Crippen LogP contribution in [-0.4, -0.2) is 14.8 Å². The van der Waals surface area contributed by atoms with Crippen LogP contribution in [0.4, 0.5) is 5.69 Å². The van der Waals surface area contributed by atoms with E-state index >= 15 is 0 Å². The predicted molar refractivity (Wildman–Crippen MR) is 73.1 cm³/mol. The van der Waals surface area contributed by atoms with Crippen molar-refractivity contribution < 1.29 is 0 Å². The van der Waals surface area contributed by atoms with Crippen LogP contribution in [0.3, 0.4) is 0 Å². The fourth-order valence-corrected chi connectivity index (χ4v) is 2.91. The van der Waals surface area contributed by atoms with Crippen LogP contribution in [0.15, 0.2) is 35.1 Å². The Labute approximate surface area is 110 Å². The SMILES string of the molecule is Nc1cnn(Cc2nc3cc(Br)ccc3s2)c1. The van der Waals surface area contributed by atoms with Gasteiger partial charge in [-0.3, -0.25) is 4.68 Å². The van der Waals surface area contributed by atoms with E-state index < -0.39 is 0 Å². The van der Waals surface area contributed by atoms with Gasteiger partial charge >= 0.3 is 0 Å². The molecule has 0 radical (unpaired) electrons. The zero-order valence-corrected chi connectivity index (χ0v) is 11.2. The quantitative estimate of drug-likeness (QED) is 0.792. The van der Waals surface area contributed by atoms with E-state index in [2.05, 4.69) is 32.1 Å². The lowest BCUT2D eigenvalue weighted by Crippen LogP contribution is -1.98. The van der Waals surface area contributed by atoms with E-state index in [0.717, 1.165) is 15.0 Å². The van der Waals surface area contributed by atoms with Gasteiger partial charge in [-0.05, 0) is 18.2 Å². The number of nitrogens with zero attached hydrogens (tertiary/aromatic N) is 3. The van der Waals surface area contributed by atoms with Crippen LogP contribution in [0.5, 0.6) is 0 Å². The number of halogens is 1. The number of rotatable bonds is 2. The largest absolute Gasteiger partial charge is 0.396 e. The summed E-state index contributed by atoms with van der Waals surface area (Å²) < 4.78 is 4.02. The summed E-state index contributed by atoms with van der Waals surface area (Å²) in [4.78, 5) is 4.56. The molecule has 6 heteroatoms. The van der Waals surface area contributed by atoms with Crippen LogP contribution < -0.4 is 5.73 Å². The second kappa shape index (κ2) is 4.12. The molecule has 3 rings (SSSR count). The first-order valence-electron chi connectivity index (χ1n) is 5.03. The van der Waals surface area contributed by atoms with Gasteiger partial charge in [0.1, 0.15) is 5.01 Å². The fourth-order valence-electron chi connectivity index (χ4n) is 1.62. The number of anilines is 1. The van der Waals surface area contributed by atoms with Gasteiger partial charge in [0, 0.05) is 10.7 Å². The summed E-state index contributed by atoms with van der Waals surface area (Å²) in [5, 5.41) is 5.18. The molecule has 2 heterocycles. The normalized spacial score (nSPS) is 11.1. The van der Waals surface area contributed by atoms with E-state index in [-0.39, 0.29) is 0 Å². The Hall–Kier alpha value is -1.40. The molecule has 0 saturated carbocycles. The molecule has 0 bridgehead atoms. The molecule has 0 unspecified atom stereocenters. The lowest BCUT2D eigenvalue weighted by atomic mass is 10.3. The van der Waals surface area contributed by atoms with Gasteiger partial charge in [0.15, 0.2) is 0 Å². The average molecular weight is 309 g/mol. The Morgan fingerprint density at radius 2 is 2.29 bits per heavy atom. The Bertz CT molecular complexity index is 673. The Kier molecular flexibility index (Phi) is 2.60. The number of thiazole rings is 1. The highest BCUT2D eigenvalue weighted by atomic mass is 79.9. The smallest absolute Gasteiger partial charge is 0.115 e. The molecule has 17 heavy (non-hydrogen) atoms. The summed E-state index contributed by atoms with van der Waals surface area (Å²) in [6.07, 6.45) is 3.45. The lowest BCUT2D eigenvalue weighted by molar-refractivity contribution is 0.684. The van der Waals surface area contributed by atoms with Gasteiger partial charge in [0.05, 0.1) is 28.6 Å². The molecule has 0 atom stereocenters. The molecule has 0 saturated heterocycles. The average Bonchev–Trinajstić information content (AvgIpc) is 2.84. The summed E-state index contributed by atoms with van der Waals surface area (Å²) in [7, 11) is 0. The van der Waals surface area contributed by atoms with Crippen LogP contribution in [0, 0.1) is 0 Å². The van der Waals surface area contributed by atoms with Crippen molar-refractivity contribution in [2.45, 2.75) is 6.54 Å². The number of hydrogen-bond acceptors (Lipinski definition) is 4. The molecule has 2 N–H and O–H groups in total. The highest BCUT2D eigenvalue weighted by molar-refractivity contribution is 9.10. The molecule has 86 valence electrons. The molecule has 0 fully saturated rings. The van der Waals surface area contributed by atoms with Crippen molar-refractivity contribution >= 4 is 43.2 Å². The third-order valence-electron chi connectivity index (χ3n) is 2.34. The van der Waals surface area contributed by atoms with Crippen molar-refractivity contribution in [2.75, 3.05) is 5.73 Å². The maximum absolute atomic E-state index is 5.62. The molecule has 0 aliphatic carbocycles. The van der Waals surface area contributed by atoms with Crippen molar-refractivity contribution in [3.05, 3.63) is 40.1 Å². The third kappa shape index (κ3) is 2.18. The molecule has 0 amide bonds. The van der Waals surface area contributed by atoms with Crippen LogP contribution in [-0.2, 0) is 6.54 Å². The van der Waals surface area contributed by atoms with Gasteiger partial charge < -0.3 is 5.73 Å². The standard InChI is InChI=1S/C11H9BrN4S/c12-7-1-2-10-9(3-7)15-11(17-10)6-16-5-8(13)4-14-16/h1-5H,6,13H2. The van der Waals surface area contributed by atoms with Crippen LogP contribution in [0.2, 0.25) is 0 Å². The minimum absolute atomic E-state index is 0.661. The zero-order valence-electron chi connectivity index (χ0n) is 8.80. The van der Waals surface area contributed by atoms with Gasteiger partial charge in [0.2, 0.25) is 0 Å². The monoisotopic (exact) mass is 308 g/mol. The van der Waals surface area contributed by atoms with Crippen LogP contribution >= 0.6 is 27.3 Å². The molecule has 0 spiro atoms. The molecule has 1 aromatic carbocycles. The minimum Gasteiger partial charge on any atom is -0.396 e. The van der Waals surface area contributed by atoms with E-state index in [9.17, 15) is 0 Å². The van der Waals surface area contributed by atoms with E-state index in [1.54, 1.807) is 22.2 Å². The molecular formula is C11H9BrN4S. The summed E-state index contributed by atoms with van der Waals surface area (Å²) in [6, 6.07) is 6.11. The Morgan fingerprint density at radius 3 is 3.06 bits per heavy atom. The van der Waals surface area contributed by atoms with Crippen LogP contribution in [0.25, 0.3) is 10.2 Å². The Balaban J connectivity index is 1.95. The fraction of sp³-hybridized carbons (Fsp3) is 0.0909. The molecule has 4 nitrogen and oxygen atoms in total. The summed E-state index contributed by atoms with van der Waals surface area (Å²) >= 11 is 5.12. The first-order chi connectivity index (χ1) is 8.20. The third-order valence-corrected chi connectivity index (χ3v) is 3.86. The molecule has 2 aromatic heterocycles. The zero-order chi connectivity index (χ0) is 11.8. The minimum atomic E-state index is 0.661. The lowest BCUT2D eigenvalue weighted by Gasteiger charge is -1.94. The van der Waals surface area contributed by atoms with E-state index in [4.69, 9.17) is 5.73 Å². The molecule has 3 aromatic rings. The van der Waals surface area contributed by atoms with Gasteiger partial charge in [0.25, 0.3) is 0 Å². The number of benzene rings is 1. The van der Waals surface area contributed by atoms with Crippen molar-refractivity contribution in [1.29, 1.82) is 0 Å². The number of aromatic nitrogens is 3. The number of hydrogen-bond donors (Lipinski definition) is 1. The van der Waals surface area contributed by atoms with Crippen molar-refractivity contribution in [3.63, 3.8) is 0 Å². The van der Waals surface area contributed by atoms with Crippen molar-refractivity contribution in [1.82, 2.24) is 14.8 Å². The topological polar surface area (TPSA) is 56.7 Å². The highest BCUT2D eigenvalue weighted by Gasteiger charge is 2.05. The maximum Gasteiger partial charge on any atom is 0.115 e. The summed E-state index contributed by atoms with van der Waals surface area (Å²) in [6.45, 7) is 0.661. The van der Waals surface area contributed by atoms with Gasteiger partial charge in [-0.25, -0.2) is 4.98 Å². The van der Waals surface area contributed by atoms with Gasteiger partial charge in [-0.15, -0.1) is 11.3 Å². The molecular weight excluding hydrogens is 300 g/mol. The van der Waals surface area contributed by atoms with Crippen molar-refractivity contribution in [2.24, 2.45) is 0 Å². The van der Waals surface area contributed by atoms with E-state index in [1.165, 1.54) is 4.70 Å². The second-order valence-electron chi connectivity index (χ2n) is 3.69. The van der Waals surface area contributed by atoms with Crippen molar-refractivity contribution in [3.8, 4) is 0 Å². The number of fused-ring (bicyclic) bond motifs is 1. The predicted octanol–water partition coefficient (Wildman–Crippen LogP) is 2.89. The van der Waals surface area contributed by atoms with Crippen LogP contribution in [0.1, 0.15) is 5.01 Å². The Morgan fingerprint density at radius 1 is 1.41 bits per heavy atom. The summed E-state index contributed by atoms with van der Waals surface area (Å²) in [5.41, 5.74) is 7.31. The molecule has 0 aliphatic rings. The first kappa shape index (κ1) is 10.7. The summed E-state index contributed by atoms with van der Waals surface area (Å²) in [5.74, 6) is 0. The number of nitrogen functional groups attached to an aromatic ring is 1. The number of nitrogens with two attached hydrogens (primary N) is 1. The highest BCUT2D eigenvalue weighted by Crippen LogP contribution is 2.25. The van der Waals surface area contributed by atoms with E-state index in [0.29, 0.717) is 12.2 Å². The van der Waals surface area contributed by atoms with Gasteiger partial charge in [-0.1, -0.05) is 15.9 Å².